The first-order chi connectivity index (χ1) is 16.3. The highest BCUT2D eigenvalue weighted by molar-refractivity contribution is 7.89. The average Bonchev–Trinajstić information content (AvgIpc) is 3.28. The van der Waals surface area contributed by atoms with Crippen LogP contribution in [0.5, 0.6) is 0 Å². The van der Waals surface area contributed by atoms with Crippen molar-refractivity contribution in [3.63, 3.8) is 0 Å². The molecule has 0 spiro atoms. The highest BCUT2D eigenvalue weighted by Crippen LogP contribution is 2.38. The fourth-order valence-corrected chi connectivity index (χ4v) is 6.58. The predicted octanol–water partition coefficient (Wildman–Crippen LogP) is 4.09. The second-order valence-electron chi connectivity index (χ2n) is 7.94. The Labute approximate surface area is 200 Å². The first-order valence-corrected chi connectivity index (χ1v) is 13.0. The minimum Gasteiger partial charge on any atom is -0.353 e. The highest BCUT2D eigenvalue weighted by Gasteiger charge is 2.31. The Bertz CT molecular complexity index is 1480. The van der Waals surface area contributed by atoms with Crippen molar-refractivity contribution in [3.05, 3.63) is 75.9 Å². The van der Waals surface area contributed by atoms with E-state index in [2.05, 4.69) is 27.4 Å². The van der Waals surface area contributed by atoms with Gasteiger partial charge in [0.1, 0.15) is 16.5 Å². The first kappa shape index (κ1) is 22.4. The molecule has 2 aromatic heterocycles. The van der Waals surface area contributed by atoms with E-state index >= 15 is 0 Å². The van der Waals surface area contributed by atoms with E-state index in [1.54, 1.807) is 11.3 Å². The molecular formula is C23H21N5O4S2. The maximum Gasteiger partial charge on any atom is 0.270 e. The molecule has 34 heavy (non-hydrogen) atoms. The van der Waals surface area contributed by atoms with Gasteiger partial charge in [-0.15, -0.1) is 11.3 Å². The SMILES string of the molecule is Cc1nc(N2CCN(S(=O)(=O)c3cccc([N+](=O)[O-])c3)CC2)c2c(-c3ccccc3)csc2n1. The van der Waals surface area contributed by atoms with Crippen molar-refractivity contribution in [1.82, 2.24) is 14.3 Å². The molecule has 3 heterocycles. The van der Waals surface area contributed by atoms with Gasteiger partial charge in [0.2, 0.25) is 10.0 Å². The van der Waals surface area contributed by atoms with Gasteiger partial charge in [-0.3, -0.25) is 10.1 Å². The molecule has 0 aliphatic carbocycles. The molecule has 0 radical (unpaired) electrons. The van der Waals surface area contributed by atoms with Crippen molar-refractivity contribution in [1.29, 1.82) is 0 Å². The minimum atomic E-state index is -3.84. The molecule has 4 aromatic rings. The molecular weight excluding hydrogens is 474 g/mol. The molecule has 1 saturated heterocycles. The molecule has 0 N–H and O–H groups in total. The lowest BCUT2D eigenvalue weighted by atomic mass is 10.1. The molecule has 5 rings (SSSR count). The van der Waals surface area contributed by atoms with Crippen LogP contribution < -0.4 is 4.90 Å². The van der Waals surface area contributed by atoms with Gasteiger partial charge in [0.25, 0.3) is 5.69 Å². The summed E-state index contributed by atoms with van der Waals surface area (Å²) in [7, 11) is -3.84. The van der Waals surface area contributed by atoms with Gasteiger partial charge in [-0.05, 0) is 18.6 Å². The number of anilines is 1. The number of benzene rings is 2. The number of aromatic nitrogens is 2. The Hall–Kier alpha value is -3.41. The molecule has 1 aliphatic rings. The molecule has 0 bridgehead atoms. The van der Waals surface area contributed by atoms with Crippen LogP contribution in [0.2, 0.25) is 0 Å². The number of nitro groups is 1. The van der Waals surface area contributed by atoms with E-state index in [4.69, 9.17) is 4.98 Å². The van der Waals surface area contributed by atoms with E-state index in [0.717, 1.165) is 33.2 Å². The zero-order chi connectivity index (χ0) is 23.9. The normalized spacial score (nSPS) is 15.0. The molecule has 174 valence electrons. The summed E-state index contributed by atoms with van der Waals surface area (Å²) < 4.78 is 27.6. The van der Waals surface area contributed by atoms with Crippen LogP contribution in [0.15, 0.2) is 64.9 Å². The number of nitro benzene ring substituents is 1. The van der Waals surface area contributed by atoms with Crippen LogP contribution in [0.4, 0.5) is 11.5 Å². The summed E-state index contributed by atoms with van der Waals surface area (Å²) in [5.74, 6) is 1.46. The average molecular weight is 496 g/mol. The molecule has 0 saturated carbocycles. The van der Waals surface area contributed by atoms with Gasteiger partial charge < -0.3 is 4.90 Å². The largest absolute Gasteiger partial charge is 0.353 e. The van der Waals surface area contributed by atoms with Gasteiger partial charge in [0.05, 0.1) is 15.2 Å². The second kappa shape index (κ2) is 8.75. The van der Waals surface area contributed by atoms with Crippen LogP contribution in [0.1, 0.15) is 5.82 Å². The number of hydrogen-bond acceptors (Lipinski definition) is 8. The van der Waals surface area contributed by atoms with E-state index in [1.165, 1.54) is 22.5 Å². The van der Waals surface area contributed by atoms with E-state index in [1.807, 2.05) is 25.1 Å². The number of aryl methyl sites for hydroxylation is 1. The molecule has 11 heteroatoms. The maximum atomic E-state index is 13.1. The summed E-state index contributed by atoms with van der Waals surface area (Å²) in [5.41, 5.74) is 1.89. The quantitative estimate of drug-likeness (QED) is 0.303. The Morgan fingerprint density at radius 1 is 1.00 bits per heavy atom. The van der Waals surface area contributed by atoms with E-state index in [-0.39, 0.29) is 23.7 Å². The Morgan fingerprint density at radius 3 is 2.44 bits per heavy atom. The van der Waals surface area contributed by atoms with Crippen molar-refractivity contribution in [2.45, 2.75) is 11.8 Å². The third-order valence-corrected chi connectivity index (χ3v) is 8.58. The van der Waals surface area contributed by atoms with Crippen LogP contribution >= 0.6 is 11.3 Å². The number of hydrogen-bond donors (Lipinski definition) is 0. The van der Waals surface area contributed by atoms with Gasteiger partial charge >= 0.3 is 0 Å². The lowest BCUT2D eigenvalue weighted by Crippen LogP contribution is -2.49. The molecule has 2 aromatic carbocycles. The minimum absolute atomic E-state index is 0.0698. The number of non-ortho nitro benzene ring substituents is 1. The van der Waals surface area contributed by atoms with Crippen LogP contribution in [0.25, 0.3) is 21.3 Å². The molecule has 1 aliphatic heterocycles. The summed E-state index contributed by atoms with van der Waals surface area (Å²) >= 11 is 1.57. The summed E-state index contributed by atoms with van der Waals surface area (Å²) in [6, 6.07) is 15.2. The van der Waals surface area contributed by atoms with Crippen LogP contribution in [0.3, 0.4) is 0 Å². The van der Waals surface area contributed by atoms with E-state index < -0.39 is 14.9 Å². The Balaban J connectivity index is 1.44. The molecule has 0 atom stereocenters. The van der Waals surface area contributed by atoms with Crippen molar-refractivity contribution < 1.29 is 13.3 Å². The lowest BCUT2D eigenvalue weighted by molar-refractivity contribution is -0.385. The van der Waals surface area contributed by atoms with E-state index in [0.29, 0.717) is 18.9 Å². The number of fused-ring (bicyclic) bond motifs is 1. The molecule has 0 amide bonds. The fourth-order valence-electron chi connectivity index (χ4n) is 4.13. The summed E-state index contributed by atoms with van der Waals surface area (Å²) in [4.78, 5) is 22.8. The fraction of sp³-hybridized carbons (Fsp3) is 0.217. The number of sulfonamides is 1. The number of thiophene rings is 1. The van der Waals surface area contributed by atoms with Gasteiger partial charge in [0.15, 0.2) is 0 Å². The lowest BCUT2D eigenvalue weighted by Gasteiger charge is -2.35. The first-order valence-electron chi connectivity index (χ1n) is 10.7. The Kier molecular flexibility index (Phi) is 5.76. The smallest absolute Gasteiger partial charge is 0.270 e. The monoisotopic (exact) mass is 495 g/mol. The zero-order valence-corrected chi connectivity index (χ0v) is 19.9. The maximum absolute atomic E-state index is 13.1. The third-order valence-electron chi connectivity index (χ3n) is 5.82. The standard InChI is InChI=1S/C23H21N5O4S2/c1-16-24-22(21-20(15-33-23(21)25-16)17-6-3-2-4-7-17)26-10-12-27(13-11-26)34(31,32)19-9-5-8-18(14-19)28(29)30/h2-9,14-15H,10-13H2,1H3. The van der Waals surface area contributed by atoms with Crippen LogP contribution in [-0.2, 0) is 10.0 Å². The van der Waals surface area contributed by atoms with Crippen molar-refractivity contribution in [2.24, 2.45) is 0 Å². The van der Waals surface area contributed by atoms with Gasteiger partial charge in [0, 0.05) is 49.3 Å². The summed E-state index contributed by atoms with van der Waals surface area (Å²) in [6.45, 7) is 3.25. The van der Waals surface area contributed by atoms with Crippen LogP contribution in [-0.4, -0.2) is 53.8 Å². The molecule has 0 unspecified atom stereocenters. The highest BCUT2D eigenvalue weighted by atomic mass is 32.2. The predicted molar refractivity (Wildman–Crippen MR) is 132 cm³/mol. The second-order valence-corrected chi connectivity index (χ2v) is 10.7. The van der Waals surface area contributed by atoms with Crippen molar-refractivity contribution in [2.75, 3.05) is 31.1 Å². The topological polar surface area (TPSA) is 110 Å². The van der Waals surface area contributed by atoms with Gasteiger partial charge in [-0.1, -0.05) is 36.4 Å². The van der Waals surface area contributed by atoms with Crippen molar-refractivity contribution >= 4 is 43.1 Å². The number of piperazine rings is 1. The van der Waals surface area contributed by atoms with Gasteiger partial charge in [-0.25, -0.2) is 18.4 Å². The summed E-state index contributed by atoms with van der Waals surface area (Å²) in [5, 5.41) is 14.1. The molecule has 1 fully saturated rings. The molecule has 9 nitrogen and oxygen atoms in total. The van der Waals surface area contributed by atoms with Crippen LogP contribution in [0, 0.1) is 17.0 Å². The zero-order valence-electron chi connectivity index (χ0n) is 18.3. The number of nitrogens with zero attached hydrogens (tertiary/aromatic N) is 5. The van der Waals surface area contributed by atoms with Crippen molar-refractivity contribution in [3.8, 4) is 11.1 Å². The van der Waals surface area contributed by atoms with E-state index in [9.17, 15) is 18.5 Å². The van der Waals surface area contributed by atoms with Gasteiger partial charge in [-0.2, -0.15) is 4.31 Å². The Morgan fingerprint density at radius 2 is 1.74 bits per heavy atom. The third kappa shape index (κ3) is 4.02. The summed E-state index contributed by atoms with van der Waals surface area (Å²) in [6.07, 6.45) is 0. The number of rotatable bonds is 5.